The summed E-state index contributed by atoms with van der Waals surface area (Å²) in [7, 11) is 19.4. The fourth-order valence-corrected chi connectivity index (χ4v) is 10.6. The lowest BCUT2D eigenvalue weighted by atomic mass is 10.0. The smallest absolute Gasteiger partial charge is 0.170 e. The Morgan fingerprint density at radius 2 is 0.912 bits per heavy atom. The predicted molar refractivity (Wildman–Crippen MR) is 296 cm³/mol. The summed E-state index contributed by atoms with van der Waals surface area (Å²) in [4.78, 5) is 21.0. The number of benzene rings is 1. The Kier molecular flexibility index (Phi) is 35.0. The number of fused-ring (bicyclic) bond motifs is 1. The van der Waals surface area contributed by atoms with Crippen molar-refractivity contribution in [1.29, 1.82) is 0 Å². The van der Waals surface area contributed by atoms with Gasteiger partial charge in [0.2, 0.25) is 0 Å². The number of ether oxygens (including phenoxy) is 3. The van der Waals surface area contributed by atoms with Gasteiger partial charge in [-0.1, -0.05) is 42.8 Å². The van der Waals surface area contributed by atoms with Gasteiger partial charge in [0.1, 0.15) is 0 Å². The van der Waals surface area contributed by atoms with Gasteiger partial charge in [0.25, 0.3) is 0 Å². The second kappa shape index (κ2) is 38.7. The van der Waals surface area contributed by atoms with Crippen molar-refractivity contribution in [1.82, 2.24) is 49.4 Å². The predicted octanol–water partition coefficient (Wildman–Crippen LogP) is 5.19. The Balaban J connectivity index is 0.000000205. The second-order valence-electron chi connectivity index (χ2n) is 20.2. The number of hydrogen-bond donors (Lipinski definition) is 1. The molecule has 0 radical (unpaired) electrons. The first kappa shape index (κ1) is 61.4. The van der Waals surface area contributed by atoms with Crippen molar-refractivity contribution < 1.29 is 14.2 Å². The third-order valence-electron chi connectivity index (χ3n) is 13.5. The van der Waals surface area contributed by atoms with Crippen LogP contribution in [0, 0.1) is 0 Å². The lowest BCUT2D eigenvalue weighted by Crippen LogP contribution is -2.43. The van der Waals surface area contributed by atoms with Crippen molar-refractivity contribution in [2.45, 2.75) is 63.7 Å². The zero-order chi connectivity index (χ0) is 49.1. The summed E-state index contributed by atoms with van der Waals surface area (Å²) in [5.41, 5.74) is 3.03. The van der Waals surface area contributed by atoms with E-state index in [1.807, 2.05) is 11.8 Å². The molecule has 1 spiro atoms. The summed E-state index contributed by atoms with van der Waals surface area (Å²) >= 11 is 4.07. The number of thioether (sulfide) groups is 2. The molecule has 0 unspecified atom stereocenters. The maximum atomic E-state index is 5.58. The Labute approximate surface area is 427 Å². The van der Waals surface area contributed by atoms with Crippen LogP contribution < -0.4 is 5.32 Å². The number of piperidine rings is 2. The summed E-state index contributed by atoms with van der Waals surface area (Å²) in [6.45, 7) is 26.3. The Hall–Kier alpha value is -0.860. The minimum absolute atomic E-state index is 0.188. The molecule has 1 N–H and O–H groups in total. The quantitative estimate of drug-likeness (QED) is 0.347. The first-order chi connectivity index (χ1) is 32.9. The second-order valence-corrected chi connectivity index (χ2v) is 22.5. The molecular weight excluding hydrogens is 889 g/mol. The molecule has 11 rings (SSSR count). The minimum atomic E-state index is -0.188. The van der Waals surface area contributed by atoms with Crippen molar-refractivity contribution in [3.05, 3.63) is 47.5 Å². The number of nitrogens with one attached hydrogen (secondary N) is 1. The molecule has 10 aliphatic heterocycles. The molecule has 0 aromatic heterocycles. The van der Waals surface area contributed by atoms with Gasteiger partial charge in [-0.3, -0.25) is 9.80 Å². The molecule has 0 bridgehead atoms. The normalized spacial score (nSPS) is 24.9. The molecule has 0 aliphatic carbocycles. The summed E-state index contributed by atoms with van der Waals surface area (Å²) in [6.07, 6.45) is 14.7. The number of piperazine rings is 1. The molecular formula is C53H104N10O3S2. The highest BCUT2D eigenvalue weighted by molar-refractivity contribution is 7.99. The van der Waals surface area contributed by atoms with Crippen LogP contribution in [-0.4, -0.2) is 281 Å². The van der Waals surface area contributed by atoms with Crippen LogP contribution in [0.2, 0.25) is 0 Å². The molecule has 0 saturated carbocycles. The van der Waals surface area contributed by atoms with E-state index in [4.69, 9.17) is 14.2 Å². The lowest BCUT2D eigenvalue weighted by Gasteiger charge is -2.35. The Bertz CT molecular complexity index is 1250. The molecule has 0 amide bonds. The highest BCUT2D eigenvalue weighted by Gasteiger charge is 2.38. The highest BCUT2D eigenvalue weighted by Crippen LogP contribution is 2.30. The van der Waals surface area contributed by atoms with E-state index in [2.05, 4.69) is 161 Å². The molecule has 396 valence electrons. The highest BCUT2D eigenvalue weighted by atomic mass is 32.2. The minimum Gasteiger partial charge on any atom is -0.379 e. The van der Waals surface area contributed by atoms with Crippen LogP contribution in [0.15, 0.2) is 36.4 Å². The fourth-order valence-electron chi connectivity index (χ4n) is 8.48. The molecule has 68 heavy (non-hydrogen) atoms. The average Bonchev–Trinajstić information content (AvgIpc) is 4.22. The van der Waals surface area contributed by atoms with Crippen LogP contribution in [-0.2, 0) is 27.2 Å². The molecule has 1 aromatic rings. The van der Waals surface area contributed by atoms with Gasteiger partial charge in [0.05, 0.1) is 26.4 Å². The number of morpholine rings is 1. The standard InChI is InChI=1S/C10H13N.C8H15NO2.C6H13N.C5H12N2.C5H11NO.C5H11NS.C5H11N.C5H9N.C4H9NS/c1-11-7-6-9-4-2-3-5-10(9)8-11;1-9-4-2-8(3-5-9)10-6-7-11-8;1-7-5-3-2-4-6-7;1-7-4-2-6-3-5-7;2*1-6-2-4-7-5-3-6;2*1-6-4-2-3-5-6;1-5-2-3-6-4-5/h2-5H,6-8H2,1H3;2-7H2,1H3;2-6H2,1H3;6H,2-5H2,1H3;2*2-5H2,1H3;2-5H2,1H3;2-3H,4-5H2,1H3;2-4H2,1H3. The van der Waals surface area contributed by atoms with Gasteiger partial charge in [-0.05, 0) is 133 Å². The van der Waals surface area contributed by atoms with Crippen LogP contribution in [0.1, 0.15) is 56.1 Å². The van der Waals surface area contributed by atoms with E-state index in [1.165, 1.54) is 138 Å². The average molecular weight is 994 g/mol. The van der Waals surface area contributed by atoms with E-state index in [-0.39, 0.29) is 5.79 Å². The molecule has 10 heterocycles. The lowest BCUT2D eigenvalue weighted by molar-refractivity contribution is -0.183. The van der Waals surface area contributed by atoms with E-state index in [9.17, 15) is 0 Å². The molecule has 1 aromatic carbocycles. The van der Waals surface area contributed by atoms with Gasteiger partial charge < -0.3 is 53.8 Å². The molecule has 0 atom stereocenters. The van der Waals surface area contributed by atoms with E-state index >= 15 is 0 Å². The number of rotatable bonds is 0. The van der Waals surface area contributed by atoms with E-state index in [0.29, 0.717) is 0 Å². The first-order valence-corrected chi connectivity index (χ1v) is 28.8. The van der Waals surface area contributed by atoms with Crippen molar-refractivity contribution in [3.63, 3.8) is 0 Å². The van der Waals surface area contributed by atoms with Crippen LogP contribution >= 0.6 is 23.5 Å². The van der Waals surface area contributed by atoms with Gasteiger partial charge in [-0.15, -0.1) is 11.8 Å². The molecule has 8 saturated heterocycles. The van der Waals surface area contributed by atoms with Crippen molar-refractivity contribution >= 4 is 23.5 Å². The molecule has 10 aliphatic rings. The van der Waals surface area contributed by atoms with Crippen molar-refractivity contribution in [3.8, 4) is 0 Å². The Morgan fingerprint density at radius 1 is 0.441 bits per heavy atom. The van der Waals surface area contributed by atoms with Gasteiger partial charge >= 0.3 is 0 Å². The van der Waals surface area contributed by atoms with Gasteiger partial charge in [0, 0.05) is 134 Å². The van der Waals surface area contributed by atoms with E-state index in [0.717, 1.165) is 98.2 Å². The number of nitrogens with zero attached hydrogens (tertiary/aromatic N) is 9. The van der Waals surface area contributed by atoms with E-state index < -0.39 is 0 Å². The van der Waals surface area contributed by atoms with Crippen LogP contribution in [0.25, 0.3) is 0 Å². The fraction of sp³-hybridized carbons (Fsp3) is 0.849. The maximum absolute atomic E-state index is 5.58. The number of likely N-dealkylation sites (tertiary alicyclic amines) is 3. The molecule has 8 fully saturated rings. The van der Waals surface area contributed by atoms with Crippen molar-refractivity contribution in [2.24, 2.45) is 0 Å². The van der Waals surface area contributed by atoms with Crippen LogP contribution in [0.5, 0.6) is 0 Å². The third kappa shape index (κ3) is 30.9. The summed E-state index contributed by atoms with van der Waals surface area (Å²) in [5, 5.41) is 3.27. The number of likely N-dealkylation sites (N-methyl/N-ethyl adjacent to an activating group) is 4. The zero-order valence-electron chi connectivity index (χ0n) is 45.3. The largest absolute Gasteiger partial charge is 0.379 e. The SMILES string of the molecule is CN1CC=CC1.CN1CCC2(CC1)OCCO2.CN1CCCC1.CN1CCCCC1.CN1CCNCC1.CN1CCOCC1.CN1CCSC1.CN1CCSCC1.CN1CCc2ccccc2C1. The van der Waals surface area contributed by atoms with Gasteiger partial charge in [-0.2, -0.15) is 11.8 Å². The van der Waals surface area contributed by atoms with Gasteiger partial charge in [0.15, 0.2) is 5.79 Å². The number of hydrogen-bond acceptors (Lipinski definition) is 15. The molecule has 13 nitrogen and oxygen atoms in total. The van der Waals surface area contributed by atoms with Crippen LogP contribution in [0.4, 0.5) is 0 Å². The topological polar surface area (TPSA) is 68.9 Å². The third-order valence-corrected chi connectivity index (χ3v) is 15.6. The van der Waals surface area contributed by atoms with Crippen LogP contribution in [0.3, 0.4) is 0 Å². The molecule has 15 heteroatoms. The van der Waals surface area contributed by atoms with Crippen molar-refractivity contribution in [2.75, 3.05) is 231 Å². The Morgan fingerprint density at radius 3 is 1.28 bits per heavy atom. The monoisotopic (exact) mass is 993 g/mol. The maximum Gasteiger partial charge on any atom is 0.170 e. The van der Waals surface area contributed by atoms with E-state index in [1.54, 1.807) is 0 Å². The van der Waals surface area contributed by atoms with Gasteiger partial charge in [-0.25, -0.2) is 0 Å². The summed E-state index contributed by atoms with van der Waals surface area (Å²) in [5.74, 6) is 5.04. The first-order valence-electron chi connectivity index (χ1n) is 26.5. The zero-order valence-corrected chi connectivity index (χ0v) is 46.9. The summed E-state index contributed by atoms with van der Waals surface area (Å²) in [6, 6.07) is 8.72. The summed E-state index contributed by atoms with van der Waals surface area (Å²) < 4.78 is 16.3.